The number of nitrogens with zero attached hydrogens (tertiary/aromatic N) is 1. The highest BCUT2D eigenvalue weighted by molar-refractivity contribution is 6.33. The predicted molar refractivity (Wildman–Crippen MR) is 57.5 cm³/mol. The minimum Gasteiger partial charge on any atom is -0.385 e. The van der Waals surface area contributed by atoms with Crippen LogP contribution in [0, 0.1) is 5.82 Å². The maximum absolute atomic E-state index is 13.5. The average Bonchev–Trinajstić information content (AvgIpc) is 2.66. The summed E-state index contributed by atoms with van der Waals surface area (Å²) < 4.78 is 18.4. The van der Waals surface area contributed by atoms with Crippen molar-refractivity contribution in [1.29, 1.82) is 0 Å². The zero-order valence-corrected chi connectivity index (χ0v) is 9.20. The third-order valence-corrected chi connectivity index (χ3v) is 2.47. The number of rotatable bonds is 2. The fraction of sp³-hybridized carbons (Fsp3) is 0.182. The number of hydrogen-bond donors (Lipinski definition) is 1. The second-order valence-electron chi connectivity index (χ2n) is 3.39. The Kier molecular flexibility index (Phi) is 2.94. The van der Waals surface area contributed by atoms with Crippen LogP contribution < -0.4 is 0 Å². The molecule has 0 amide bonds. The largest absolute Gasteiger partial charge is 0.385 e. The molecule has 0 spiro atoms. The molecule has 1 unspecified atom stereocenters. The van der Waals surface area contributed by atoms with Gasteiger partial charge in [0.05, 0.1) is 10.6 Å². The molecule has 0 bridgehead atoms. The Balaban J connectivity index is 2.50. The summed E-state index contributed by atoms with van der Waals surface area (Å²) in [5, 5.41) is 13.2. The average molecular weight is 242 g/mol. The third-order valence-electron chi connectivity index (χ3n) is 2.16. The standard InChI is InChI=1S/C11H9ClFNO2/c1-6(15)10-5-9(14-16-10)11-7(12)3-2-4-8(11)13/h2-6,15H,1H3. The molecule has 1 atom stereocenters. The summed E-state index contributed by atoms with van der Waals surface area (Å²) in [4.78, 5) is 0. The Morgan fingerprint density at radius 1 is 1.50 bits per heavy atom. The van der Waals surface area contributed by atoms with Crippen molar-refractivity contribution in [2.45, 2.75) is 13.0 Å². The zero-order valence-electron chi connectivity index (χ0n) is 8.45. The van der Waals surface area contributed by atoms with Crippen molar-refractivity contribution >= 4 is 11.6 Å². The van der Waals surface area contributed by atoms with Crippen molar-refractivity contribution in [2.24, 2.45) is 0 Å². The molecule has 0 aliphatic carbocycles. The van der Waals surface area contributed by atoms with E-state index in [-0.39, 0.29) is 22.0 Å². The number of aliphatic hydroxyl groups is 1. The second kappa shape index (κ2) is 4.23. The van der Waals surface area contributed by atoms with Crippen molar-refractivity contribution in [3.63, 3.8) is 0 Å². The van der Waals surface area contributed by atoms with E-state index >= 15 is 0 Å². The smallest absolute Gasteiger partial charge is 0.165 e. The van der Waals surface area contributed by atoms with Crippen LogP contribution >= 0.6 is 11.6 Å². The van der Waals surface area contributed by atoms with Gasteiger partial charge < -0.3 is 9.63 Å². The fourth-order valence-electron chi connectivity index (χ4n) is 1.35. The van der Waals surface area contributed by atoms with E-state index < -0.39 is 11.9 Å². The molecule has 0 fully saturated rings. The predicted octanol–water partition coefficient (Wildman–Crippen LogP) is 3.19. The molecule has 2 rings (SSSR count). The molecule has 1 heterocycles. The van der Waals surface area contributed by atoms with Gasteiger partial charge in [-0.2, -0.15) is 0 Å². The quantitative estimate of drug-likeness (QED) is 0.878. The fourth-order valence-corrected chi connectivity index (χ4v) is 1.61. The second-order valence-corrected chi connectivity index (χ2v) is 3.79. The normalized spacial score (nSPS) is 12.8. The molecule has 16 heavy (non-hydrogen) atoms. The van der Waals surface area contributed by atoms with Crippen molar-refractivity contribution in [1.82, 2.24) is 5.16 Å². The Bertz CT molecular complexity index is 490. The molecule has 1 N–H and O–H groups in total. The Labute approximate surface area is 96.4 Å². The van der Waals surface area contributed by atoms with E-state index in [1.54, 1.807) is 6.07 Å². The minimum absolute atomic E-state index is 0.180. The summed E-state index contributed by atoms with van der Waals surface area (Å²) >= 11 is 5.87. The maximum Gasteiger partial charge on any atom is 0.165 e. The molecule has 0 aliphatic heterocycles. The monoisotopic (exact) mass is 241 g/mol. The first-order chi connectivity index (χ1) is 7.59. The number of hydrogen-bond acceptors (Lipinski definition) is 3. The zero-order chi connectivity index (χ0) is 11.7. The van der Waals surface area contributed by atoms with Gasteiger partial charge in [-0.1, -0.05) is 22.8 Å². The molecule has 2 aromatic rings. The lowest BCUT2D eigenvalue weighted by atomic mass is 10.1. The number of aliphatic hydroxyl groups excluding tert-OH is 1. The Hall–Kier alpha value is -1.39. The molecule has 0 aliphatic rings. The molecule has 0 radical (unpaired) electrons. The van der Waals surface area contributed by atoms with E-state index in [4.69, 9.17) is 16.1 Å². The SMILES string of the molecule is CC(O)c1cc(-c2c(F)cccc2Cl)no1. The van der Waals surface area contributed by atoms with E-state index in [2.05, 4.69) is 5.16 Å². The molecule has 1 aromatic heterocycles. The Morgan fingerprint density at radius 2 is 2.25 bits per heavy atom. The molecular formula is C11H9ClFNO2. The molecule has 1 aromatic carbocycles. The van der Waals surface area contributed by atoms with Gasteiger partial charge in [0.25, 0.3) is 0 Å². The van der Waals surface area contributed by atoms with Crippen LogP contribution in [0.5, 0.6) is 0 Å². The van der Waals surface area contributed by atoms with E-state index in [1.807, 2.05) is 0 Å². The molecule has 0 saturated carbocycles. The maximum atomic E-state index is 13.5. The van der Waals surface area contributed by atoms with Crippen molar-refractivity contribution in [3.8, 4) is 11.3 Å². The van der Waals surface area contributed by atoms with Gasteiger partial charge in [0.1, 0.15) is 17.6 Å². The van der Waals surface area contributed by atoms with Gasteiger partial charge in [-0.05, 0) is 19.1 Å². The summed E-state index contributed by atoms with van der Waals surface area (Å²) in [5.41, 5.74) is 0.457. The van der Waals surface area contributed by atoms with E-state index in [1.165, 1.54) is 25.1 Å². The van der Waals surface area contributed by atoms with Crippen LogP contribution in [0.2, 0.25) is 5.02 Å². The molecule has 0 saturated heterocycles. The number of halogens is 2. The Morgan fingerprint density at radius 3 is 2.81 bits per heavy atom. The van der Waals surface area contributed by atoms with Crippen LogP contribution in [0.25, 0.3) is 11.3 Å². The van der Waals surface area contributed by atoms with Crippen molar-refractivity contribution in [2.75, 3.05) is 0 Å². The highest BCUT2D eigenvalue weighted by Gasteiger charge is 2.16. The van der Waals surface area contributed by atoms with Gasteiger partial charge in [-0.3, -0.25) is 0 Å². The summed E-state index contributed by atoms with van der Waals surface area (Å²) in [6.45, 7) is 1.53. The van der Waals surface area contributed by atoms with E-state index in [0.717, 1.165) is 0 Å². The van der Waals surface area contributed by atoms with Crippen LogP contribution in [0.4, 0.5) is 4.39 Å². The first kappa shape index (κ1) is 11.1. The molecular weight excluding hydrogens is 233 g/mol. The minimum atomic E-state index is -0.785. The lowest BCUT2D eigenvalue weighted by molar-refractivity contribution is 0.158. The van der Waals surface area contributed by atoms with Crippen LogP contribution in [-0.2, 0) is 0 Å². The highest BCUT2D eigenvalue weighted by atomic mass is 35.5. The summed E-state index contributed by atoms with van der Waals surface area (Å²) in [6.07, 6.45) is -0.785. The van der Waals surface area contributed by atoms with Crippen LogP contribution in [0.15, 0.2) is 28.8 Å². The van der Waals surface area contributed by atoms with Gasteiger partial charge in [0.15, 0.2) is 5.76 Å². The first-order valence-electron chi connectivity index (χ1n) is 4.68. The number of aromatic nitrogens is 1. The van der Waals surface area contributed by atoms with Gasteiger partial charge in [-0.15, -0.1) is 0 Å². The molecule has 3 nitrogen and oxygen atoms in total. The number of benzene rings is 1. The van der Waals surface area contributed by atoms with Gasteiger partial charge >= 0.3 is 0 Å². The summed E-state index contributed by atoms with van der Waals surface area (Å²) in [5.74, 6) is -0.202. The van der Waals surface area contributed by atoms with Gasteiger partial charge in [0, 0.05) is 6.07 Å². The topological polar surface area (TPSA) is 46.3 Å². The van der Waals surface area contributed by atoms with Crippen molar-refractivity contribution in [3.05, 3.63) is 40.9 Å². The highest BCUT2D eigenvalue weighted by Crippen LogP contribution is 2.30. The summed E-state index contributed by atoms with van der Waals surface area (Å²) in [6, 6.07) is 5.83. The molecule has 84 valence electrons. The molecule has 5 heteroatoms. The summed E-state index contributed by atoms with van der Waals surface area (Å²) in [7, 11) is 0. The van der Waals surface area contributed by atoms with Gasteiger partial charge in [0.2, 0.25) is 0 Å². The third kappa shape index (κ3) is 1.94. The van der Waals surface area contributed by atoms with E-state index in [0.29, 0.717) is 0 Å². The van der Waals surface area contributed by atoms with Crippen LogP contribution in [0.3, 0.4) is 0 Å². The lowest BCUT2D eigenvalue weighted by Gasteiger charge is -2.00. The van der Waals surface area contributed by atoms with Gasteiger partial charge in [-0.25, -0.2) is 4.39 Å². The first-order valence-corrected chi connectivity index (χ1v) is 5.06. The lowest BCUT2D eigenvalue weighted by Crippen LogP contribution is -1.87. The van der Waals surface area contributed by atoms with Crippen LogP contribution in [0.1, 0.15) is 18.8 Å². The van der Waals surface area contributed by atoms with Crippen LogP contribution in [-0.4, -0.2) is 10.3 Å². The van der Waals surface area contributed by atoms with E-state index in [9.17, 15) is 9.50 Å². The van der Waals surface area contributed by atoms with Crippen molar-refractivity contribution < 1.29 is 14.0 Å².